The Balaban J connectivity index is 1.76. The third-order valence-electron chi connectivity index (χ3n) is 7.11. The molecule has 4 aromatic rings. The summed E-state index contributed by atoms with van der Waals surface area (Å²) in [5.41, 5.74) is 4.39. The third-order valence-corrected chi connectivity index (χ3v) is 7.11. The van der Waals surface area contributed by atoms with Crippen molar-refractivity contribution in [3.05, 3.63) is 113 Å². The van der Waals surface area contributed by atoms with E-state index in [-0.39, 0.29) is 5.75 Å². The lowest BCUT2D eigenvalue weighted by molar-refractivity contribution is 0.0239. The van der Waals surface area contributed by atoms with E-state index in [1.165, 1.54) is 0 Å². The number of phenolic OH excluding ortho intramolecular Hbond substituents is 1. The van der Waals surface area contributed by atoms with Gasteiger partial charge in [-0.05, 0) is 61.4 Å². The van der Waals surface area contributed by atoms with Crippen LogP contribution in [0.4, 0.5) is 17.1 Å². The number of carbonyl (C=O) groups excluding carboxylic acids is 1. The van der Waals surface area contributed by atoms with Gasteiger partial charge < -0.3 is 24.8 Å². The van der Waals surface area contributed by atoms with Crippen LogP contribution in [0, 0.1) is 6.92 Å². The molecule has 1 heterocycles. The second kappa shape index (κ2) is 10.1. The van der Waals surface area contributed by atoms with E-state index in [1.54, 1.807) is 19.2 Å². The van der Waals surface area contributed by atoms with E-state index in [2.05, 4.69) is 17.1 Å². The topological polar surface area (TPSA) is 71.0 Å². The molecule has 1 unspecified atom stereocenters. The number of phenols is 1. The molecular weight excluding hydrogens is 476 g/mol. The van der Waals surface area contributed by atoms with Gasteiger partial charge in [-0.2, -0.15) is 0 Å². The molecule has 2 N–H and O–H groups in total. The van der Waals surface area contributed by atoms with Crippen LogP contribution in [0.1, 0.15) is 46.0 Å². The molecule has 38 heavy (non-hydrogen) atoms. The molecule has 1 aliphatic heterocycles. The molecule has 0 aromatic heterocycles. The zero-order chi connectivity index (χ0) is 26.9. The number of aryl methyl sites for hydroxylation is 1. The second-order valence-electron chi connectivity index (χ2n) is 9.60. The van der Waals surface area contributed by atoms with Gasteiger partial charge in [-0.3, -0.25) is 0 Å². The Morgan fingerprint density at radius 3 is 2.39 bits per heavy atom. The predicted molar refractivity (Wildman–Crippen MR) is 151 cm³/mol. The molecule has 0 bridgehead atoms. The number of cyclic esters (lactones) is 1. The Kier molecular flexibility index (Phi) is 6.72. The van der Waals surface area contributed by atoms with Crippen molar-refractivity contribution in [2.75, 3.05) is 30.9 Å². The molecule has 0 fully saturated rings. The van der Waals surface area contributed by atoms with Crippen molar-refractivity contribution in [2.24, 2.45) is 0 Å². The Morgan fingerprint density at radius 2 is 1.68 bits per heavy atom. The van der Waals surface area contributed by atoms with Crippen molar-refractivity contribution in [1.29, 1.82) is 0 Å². The third kappa shape index (κ3) is 4.22. The molecular formula is C32H32N2O4. The molecule has 0 aliphatic carbocycles. The number of hydrogen-bond acceptors (Lipinski definition) is 6. The molecule has 1 atom stereocenters. The number of carbonyl (C=O) groups is 1. The summed E-state index contributed by atoms with van der Waals surface area (Å²) < 4.78 is 12.2. The molecule has 0 saturated heterocycles. The molecule has 0 amide bonds. The van der Waals surface area contributed by atoms with Crippen LogP contribution in [-0.4, -0.2) is 31.8 Å². The van der Waals surface area contributed by atoms with E-state index in [9.17, 15) is 9.90 Å². The van der Waals surface area contributed by atoms with Crippen LogP contribution in [0.5, 0.6) is 11.5 Å². The Hall–Kier alpha value is -4.45. The average Bonchev–Trinajstić information content (AvgIpc) is 3.23. The average molecular weight is 509 g/mol. The lowest BCUT2D eigenvalue weighted by Crippen LogP contribution is -2.30. The minimum Gasteiger partial charge on any atom is -0.507 e. The SMILES string of the molecule is CCCN(C)c1ccc(C2(c3cc(Nc4ccccc4)c(C)cc3OC)OC(=O)c3ccccc32)c(O)c1. The smallest absolute Gasteiger partial charge is 0.340 e. The normalized spacial score (nSPS) is 16.1. The maximum absolute atomic E-state index is 13.3. The summed E-state index contributed by atoms with van der Waals surface area (Å²) in [7, 11) is 3.59. The van der Waals surface area contributed by atoms with E-state index >= 15 is 0 Å². The van der Waals surface area contributed by atoms with Crippen molar-refractivity contribution < 1.29 is 19.4 Å². The van der Waals surface area contributed by atoms with Gasteiger partial charge in [0.05, 0.1) is 12.7 Å². The van der Waals surface area contributed by atoms with Crippen molar-refractivity contribution in [3.63, 3.8) is 0 Å². The fourth-order valence-electron chi connectivity index (χ4n) is 5.22. The predicted octanol–water partition coefficient (Wildman–Crippen LogP) is 6.76. The van der Waals surface area contributed by atoms with Crippen LogP contribution in [0.25, 0.3) is 0 Å². The maximum Gasteiger partial charge on any atom is 0.340 e. The first-order valence-corrected chi connectivity index (χ1v) is 12.8. The minimum atomic E-state index is -1.41. The van der Waals surface area contributed by atoms with Gasteiger partial charge in [0.15, 0.2) is 5.60 Å². The summed E-state index contributed by atoms with van der Waals surface area (Å²) in [6.07, 6.45) is 0.978. The number of methoxy groups -OCH3 is 1. The fraction of sp³-hybridized carbons (Fsp3) is 0.219. The number of hydrogen-bond donors (Lipinski definition) is 2. The van der Waals surface area contributed by atoms with E-state index in [4.69, 9.17) is 9.47 Å². The molecule has 6 heteroatoms. The Morgan fingerprint density at radius 1 is 0.947 bits per heavy atom. The van der Waals surface area contributed by atoms with Gasteiger partial charge in [-0.1, -0.05) is 43.3 Å². The number of benzene rings is 4. The first-order chi connectivity index (χ1) is 18.4. The van der Waals surface area contributed by atoms with Crippen molar-refractivity contribution in [3.8, 4) is 11.5 Å². The number of nitrogens with zero attached hydrogens (tertiary/aromatic N) is 1. The van der Waals surface area contributed by atoms with Crippen LogP contribution in [0.3, 0.4) is 0 Å². The summed E-state index contributed by atoms with van der Waals surface area (Å²) in [6, 6.07) is 26.6. The van der Waals surface area contributed by atoms with Gasteiger partial charge in [0, 0.05) is 53.4 Å². The lowest BCUT2D eigenvalue weighted by Gasteiger charge is -2.33. The van der Waals surface area contributed by atoms with Gasteiger partial charge >= 0.3 is 5.97 Å². The number of para-hydroxylation sites is 1. The first kappa shape index (κ1) is 25.2. The van der Waals surface area contributed by atoms with Gasteiger partial charge in [-0.25, -0.2) is 4.79 Å². The summed E-state index contributed by atoms with van der Waals surface area (Å²) >= 11 is 0. The quantitative estimate of drug-likeness (QED) is 0.256. The van der Waals surface area contributed by atoms with Crippen LogP contribution >= 0.6 is 0 Å². The molecule has 0 saturated carbocycles. The highest BCUT2D eigenvalue weighted by Gasteiger charge is 2.51. The van der Waals surface area contributed by atoms with Crippen LogP contribution in [-0.2, 0) is 10.3 Å². The van der Waals surface area contributed by atoms with Gasteiger partial charge in [-0.15, -0.1) is 0 Å². The van der Waals surface area contributed by atoms with Crippen LogP contribution < -0.4 is 15.0 Å². The number of aromatic hydroxyl groups is 1. The van der Waals surface area contributed by atoms with E-state index in [1.807, 2.05) is 86.8 Å². The summed E-state index contributed by atoms with van der Waals surface area (Å²) in [5, 5.41) is 14.9. The Bertz CT molecular complexity index is 1480. The van der Waals surface area contributed by atoms with Crippen molar-refractivity contribution in [2.45, 2.75) is 25.9 Å². The summed E-state index contributed by atoms with van der Waals surface area (Å²) in [5.74, 6) is 0.139. The van der Waals surface area contributed by atoms with Gasteiger partial charge in [0.2, 0.25) is 0 Å². The second-order valence-corrected chi connectivity index (χ2v) is 9.60. The highest BCUT2D eigenvalue weighted by Crippen LogP contribution is 2.53. The van der Waals surface area contributed by atoms with Crippen molar-refractivity contribution in [1.82, 2.24) is 0 Å². The minimum absolute atomic E-state index is 0.0372. The monoisotopic (exact) mass is 508 g/mol. The Labute approximate surface area is 223 Å². The number of nitrogens with one attached hydrogen (secondary N) is 1. The van der Waals surface area contributed by atoms with Gasteiger partial charge in [0.1, 0.15) is 11.5 Å². The largest absolute Gasteiger partial charge is 0.507 e. The number of esters is 1. The number of anilines is 3. The molecule has 194 valence electrons. The van der Waals surface area contributed by atoms with Gasteiger partial charge in [0.25, 0.3) is 0 Å². The molecule has 5 rings (SSSR count). The van der Waals surface area contributed by atoms with Crippen LogP contribution in [0.2, 0.25) is 0 Å². The van der Waals surface area contributed by atoms with E-state index in [0.717, 1.165) is 35.6 Å². The molecule has 1 aliphatic rings. The summed E-state index contributed by atoms with van der Waals surface area (Å²) in [6.45, 7) is 4.95. The standard InChI is InChI=1S/C32H32N2O4/c1-5-17-34(3)23-15-16-26(29(35)19-23)32(25-14-10-9-13-24(25)31(36)38-32)27-20-28(21(2)18-30(27)37-4)33-22-11-7-6-8-12-22/h6-16,18-20,33,35H,5,17H2,1-4H3. The molecule has 4 aromatic carbocycles. The first-order valence-electron chi connectivity index (χ1n) is 12.8. The number of ether oxygens (including phenoxy) is 2. The zero-order valence-corrected chi connectivity index (χ0v) is 22.1. The van der Waals surface area contributed by atoms with E-state index < -0.39 is 11.6 Å². The number of rotatable bonds is 8. The molecule has 6 nitrogen and oxygen atoms in total. The highest BCUT2D eigenvalue weighted by atomic mass is 16.6. The lowest BCUT2D eigenvalue weighted by atomic mass is 9.78. The summed E-state index contributed by atoms with van der Waals surface area (Å²) in [4.78, 5) is 15.4. The van der Waals surface area contributed by atoms with Crippen molar-refractivity contribution >= 4 is 23.0 Å². The highest BCUT2D eigenvalue weighted by molar-refractivity contribution is 5.97. The maximum atomic E-state index is 13.3. The molecule has 0 radical (unpaired) electrons. The van der Waals surface area contributed by atoms with E-state index in [0.29, 0.717) is 28.0 Å². The number of fused-ring (bicyclic) bond motifs is 1. The fourth-order valence-corrected chi connectivity index (χ4v) is 5.22. The molecule has 0 spiro atoms. The zero-order valence-electron chi connectivity index (χ0n) is 22.1. The van der Waals surface area contributed by atoms with Crippen LogP contribution in [0.15, 0.2) is 84.9 Å².